The van der Waals surface area contributed by atoms with Gasteiger partial charge >= 0.3 is 6.09 Å². The Morgan fingerprint density at radius 3 is 2.77 bits per heavy atom. The van der Waals surface area contributed by atoms with Gasteiger partial charge in [0, 0.05) is 61.2 Å². The minimum absolute atomic E-state index is 0.0719. The minimum atomic E-state index is -0.729. The van der Waals surface area contributed by atoms with Gasteiger partial charge in [0.1, 0.15) is 11.4 Å². The highest BCUT2D eigenvalue weighted by atomic mass is 16.6. The van der Waals surface area contributed by atoms with Crippen LogP contribution in [-0.2, 0) is 26.3 Å². The third kappa shape index (κ3) is 3.69. The number of nitrogens with zero attached hydrogens (tertiary/aromatic N) is 3. The van der Waals surface area contributed by atoms with Gasteiger partial charge in [0.15, 0.2) is 5.78 Å². The molecule has 1 aromatic heterocycles. The number of piperidine rings is 1. The van der Waals surface area contributed by atoms with Crippen molar-refractivity contribution in [2.45, 2.75) is 38.2 Å². The number of hydrogen-bond donors (Lipinski definition) is 1. The van der Waals surface area contributed by atoms with Gasteiger partial charge in [-0.05, 0) is 49.3 Å². The van der Waals surface area contributed by atoms with Crippen molar-refractivity contribution in [2.75, 3.05) is 29.9 Å². The van der Waals surface area contributed by atoms with Crippen molar-refractivity contribution in [1.82, 2.24) is 9.88 Å². The number of amides is 2. The van der Waals surface area contributed by atoms with Crippen LogP contribution in [-0.4, -0.2) is 47.3 Å². The average molecular weight is 471 g/mol. The van der Waals surface area contributed by atoms with E-state index in [-0.39, 0.29) is 18.1 Å². The van der Waals surface area contributed by atoms with Crippen LogP contribution in [0.25, 0.3) is 0 Å². The maximum Gasteiger partial charge on any atom is 0.413 e. The summed E-state index contributed by atoms with van der Waals surface area (Å²) in [6, 6.07) is 9.90. The number of pyridine rings is 1. The van der Waals surface area contributed by atoms with Crippen molar-refractivity contribution in [3.8, 4) is 0 Å². The summed E-state index contributed by atoms with van der Waals surface area (Å²) in [6.45, 7) is 3.87. The molecule has 4 aliphatic rings. The Labute approximate surface area is 203 Å². The molecule has 6 rings (SSSR count). The number of hydrogen-bond acceptors (Lipinski definition) is 6. The molecule has 1 aliphatic carbocycles. The highest BCUT2D eigenvalue weighted by Crippen LogP contribution is 2.43. The second-order valence-electron chi connectivity index (χ2n) is 9.61. The van der Waals surface area contributed by atoms with Crippen molar-refractivity contribution >= 4 is 29.3 Å². The number of anilines is 2. The SMILES string of the molecule is Cc1ccc2c(c1)CCN2C(=O)C1=CC(=O)CC(N2CCC3(CC2)OC(=O)Nc2ncccc23)=C1. The molecule has 8 nitrogen and oxygen atoms in total. The molecule has 178 valence electrons. The van der Waals surface area contributed by atoms with E-state index in [2.05, 4.69) is 21.3 Å². The standard InChI is InChI=1S/C27H26N4O4/c1-17-4-5-23-18(13-17)6-10-31(23)25(33)19-14-20(16-21(32)15-19)30-11-7-27(8-12-30)22-3-2-9-28-24(22)29-26(34)35-27/h2-5,9,13-15H,6-8,10-12,16H2,1H3,(H,28,29,34). The zero-order valence-electron chi connectivity index (χ0n) is 19.5. The summed E-state index contributed by atoms with van der Waals surface area (Å²) in [4.78, 5) is 46.4. The molecule has 4 heterocycles. The first kappa shape index (κ1) is 21.6. The lowest BCUT2D eigenvalue weighted by atomic mass is 9.83. The topological polar surface area (TPSA) is 91.8 Å². The second kappa shape index (κ2) is 8.08. The highest BCUT2D eigenvalue weighted by Gasteiger charge is 2.45. The van der Waals surface area contributed by atoms with Gasteiger partial charge in [0.25, 0.3) is 5.91 Å². The molecule has 35 heavy (non-hydrogen) atoms. The van der Waals surface area contributed by atoms with Crippen LogP contribution in [0.15, 0.2) is 60.0 Å². The van der Waals surface area contributed by atoms with Crippen molar-refractivity contribution in [2.24, 2.45) is 0 Å². The van der Waals surface area contributed by atoms with Crippen LogP contribution >= 0.6 is 0 Å². The van der Waals surface area contributed by atoms with Crippen LogP contribution in [0.5, 0.6) is 0 Å². The molecule has 0 atom stereocenters. The van der Waals surface area contributed by atoms with Gasteiger partial charge in [-0.15, -0.1) is 0 Å². The number of ketones is 1. The van der Waals surface area contributed by atoms with E-state index in [1.165, 1.54) is 11.6 Å². The Hall–Kier alpha value is -3.94. The number of benzene rings is 1. The first-order chi connectivity index (χ1) is 16.9. The lowest BCUT2D eigenvalue weighted by Gasteiger charge is -2.45. The van der Waals surface area contributed by atoms with Gasteiger partial charge < -0.3 is 14.5 Å². The number of allylic oxidation sites excluding steroid dienone is 2. The number of carbonyl (C=O) groups is 3. The predicted octanol–water partition coefficient (Wildman–Crippen LogP) is 3.62. The molecule has 8 heteroatoms. The number of aryl methyl sites for hydroxylation is 1. The molecule has 1 N–H and O–H groups in total. The predicted molar refractivity (Wildman–Crippen MR) is 130 cm³/mol. The Morgan fingerprint density at radius 2 is 1.94 bits per heavy atom. The van der Waals surface area contributed by atoms with Crippen molar-refractivity contribution in [1.29, 1.82) is 0 Å². The van der Waals surface area contributed by atoms with Gasteiger partial charge in [-0.1, -0.05) is 17.7 Å². The quantitative estimate of drug-likeness (QED) is 0.721. The van der Waals surface area contributed by atoms with Crippen LogP contribution in [0.2, 0.25) is 0 Å². The Morgan fingerprint density at radius 1 is 1.11 bits per heavy atom. The number of fused-ring (bicyclic) bond motifs is 3. The summed E-state index contributed by atoms with van der Waals surface area (Å²) in [6.07, 6.45) is 6.73. The fourth-order valence-corrected chi connectivity index (χ4v) is 5.65. The minimum Gasteiger partial charge on any atom is -0.437 e. The average Bonchev–Trinajstić information content (AvgIpc) is 3.26. The van der Waals surface area contributed by atoms with Crippen LogP contribution in [0, 0.1) is 6.92 Å². The first-order valence-corrected chi connectivity index (χ1v) is 12.0. The van der Waals surface area contributed by atoms with Crippen molar-refractivity contribution in [3.05, 3.63) is 76.6 Å². The Kier molecular flexibility index (Phi) is 4.98. The van der Waals surface area contributed by atoms with Gasteiger partial charge in [0.05, 0.1) is 6.42 Å². The zero-order chi connectivity index (χ0) is 24.2. The summed E-state index contributed by atoms with van der Waals surface area (Å²) in [5.41, 5.74) is 4.68. The third-order valence-electron chi connectivity index (χ3n) is 7.40. The van der Waals surface area contributed by atoms with E-state index in [0.29, 0.717) is 43.9 Å². The summed E-state index contributed by atoms with van der Waals surface area (Å²) < 4.78 is 5.79. The van der Waals surface area contributed by atoms with Crippen molar-refractivity contribution in [3.63, 3.8) is 0 Å². The van der Waals surface area contributed by atoms with E-state index in [1.807, 2.05) is 37.3 Å². The van der Waals surface area contributed by atoms with E-state index in [4.69, 9.17) is 4.74 Å². The van der Waals surface area contributed by atoms with Crippen molar-refractivity contribution < 1.29 is 19.1 Å². The smallest absolute Gasteiger partial charge is 0.413 e. The fourth-order valence-electron chi connectivity index (χ4n) is 5.65. The molecule has 0 unspecified atom stereocenters. The highest BCUT2D eigenvalue weighted by molar-refractivity contribution is 6.13. The maximum absolute atomic E-state index is 13.4. The summed E-state index contributed by atoms with van der Waals surface area (Å²) in [5, 5.41) is 2.68. The van der Waals surface area contributed by atoms with Crippen LogP contribution in [0.3, 0.4) is 0 Å². The van der Waals surface area contributed by atoms with Crippen LogP contribution in [0.4, 0.5) is 16.3 Å². The fraction of sp³-hybridized carbons (Fsp3) is 0.333. The normalized spacial score (nSPS) is 20.5. The van der Waals surface area contributed by atoms with Crippen LogP contribution < -0.4 is 10.2 Å². The molecule has 2 aromatic rings. The lowest BCUT2D eigenvalue weighted by Crippen LogP contribution is -2.48. The number of nitrogens with one attached hydrogen (secondary N) is 1. The monoisotopic (exact) mass is 470 g/mol. The number of ether oxygens (including phenoxy) is 1. The Balaban J connectivity index is 1.22. The Bertz CT molecular complexity index is 1320. The number of aromatic nitrogens is 1. The second-order valence-corrected chi connectivity index (χ2v) is 9.61. The van der Waals surface area contributed by atoms with Gasteiger partial charge in [-0.25, -0.2) is 9.78 Å². The molecule has 2 amide bonds. The van der Waals surface area contributed by atoms with Crippen LogP contribution in [0.1, 0.15) is 36.0 Å². The van der Waals surface area contributed by atoms with E-state index >= 15 is 0 Å². The summed E-state index contributed by atoms with van der Waals surface area (Å²) in [5.74, 6) is 0.331. The largest absolute Gasteiger partial charge is 0.437 e. The molecular weight excluding hydrogens is 444 g/mol. The molecule has 1 aromatic carbocycles. The summed E-state index contributed by atoms with van der Waals surface area (Å²) >= 11 is 0. The summed E-state index contributed by atoms with van der Waals surface area (Å²) in [7, 11) is 0. The maximum atomic E-state index is 13.4. The molecule has 1 fully saturated rings. The number of likely N-dealkylation sites (tertiary alicyclic amines) is 1. The number of rotatable bonds is 2. The lowest BCUT2D eigenvalue weighted by molar-refractivity contribution is -0.117. The molecule has 0 bridgehead atoms. The van der Waals surface area contributed by atoms with Gasteiger partial charge in [-0.2, -0.15) is 0 Å². The van der Waals surface area contributed by atoms with Gasteiger partial charge in [0.2, 0.25) is 0 Å². The molecule has 0 saturated carbocycles. The molecular formula is C27H26N4O4. The van der Waals surface area contributed by atoms with Gasteiger partial charge in [-0.3, -0.25) is 14.9 Å². The molecule has 1 spiro atoms. The van der Waals surface area contributed by atoms with E-state index in [9.17, 15) is 14.4 Å². The molecule has 0 radical (unpaired) electrons. The van der Waals surface area contributed by atoms with E-state index in [1.54, 1.807) is 11.1 Å². The number of carbonyl (C=O) groups excluding carboxylic acids is 3. The zero-order valence-corrected chi connectivity index (χ0v) is 19.5. The molecule has 3 aliphatic heterocycles. The van der Waals surface area contributed by atoms with E-state index in [0.717, 1.165) is 28.9 Å². The first-order valence-electron chi connectivity index (χ1n) is 12.0. The van der Waals surface area contributed by atoms with E-state index < -0.39 is 11.7 Å². The third-order valence-corrected chi connectivity index (χ3v) is 7.40. The molecule has 1 saturated heterocycles.